The largest absolute Gasteiger partial charge is 0.482 e. The van der Waals surface area contributed by atoms with Gasteiger partial charge in [0.25, 0.3) is 17.7 Å². The number of aromatic amines is 1. The van der Waals surface area contributed by atoms with Crippen LogP contribution in [0.1, 0.15) is 36.8 Å². The van der Waals surface area contributed by atoms with Gasteiger partial charge in [-0.1, -0.05) is 12.1 Å². The molecule has 0 spiro atoms. The molecule has 0 atom stereocenters. The monoisotopic (exact) mass is 486 g/mol. The van der Waals surface area contributed by atoms with Crippen LogP contribution in [0.4, 0.5) is 11.4 Å². The van der Waals surface area contributed by atoms with Crippen molar-refractivity contribution in [2.24, 2.45) is 0 Å². The number of H-pyrrole nitrogens is 1. The zero-order valence-electron chi connectivity index (χ0n) is 18.5. The normalized spacial score (nSPS) is 12.3. The molecule has 0 aliphatic carbocycles. The third-order valence-electron chi connectivity index (χ3n) is 5.43. The molecule has 2 aromatic carbocycles. The highest BCUT2D eigenvalue weighted by atomic mass is 16.5. The number of carbonyl (C=O) groups excluding carboxylic acids is 3. The number of anilines is 2. The third-order valence-corrected chi connectivity index (χ3v) is 5.43. The zero-order valence-corrected chi connectivity index (χ0v) is 18.5. The first-order valence-electron chi connectivity index (χ1n) is 10.7. The van der Waals surface area contributed by atoms with E-state index in [0.29, 0.717) is 28.2 Å². The lowest BCUT2D eigenvalue weighted by atomic mass is 10.1. The Kier molecular flexibility index (Phi) is 5.74. The molecule has 36 heavy (non-hydrogen) atoms. The summed E-state index contributed by atoms with van der Waals surface area (Å²) in [6.45, 7) is 0.123. The summed E-state index contributed by atoms with van der Waals surface area (Å²) in [4.78, 5) is 59.4. The van der Waals surface area contributed by atoms with Crippen LogP contribution in [0.15, 0.2) is 55.0 Å². The van der Waals surface area contributed by atoms with E-state index in [2.05, 4.69) is 30.9 Å². The second kappa shape index (κ2) is 9.18. The molecule has 0 bridgehead atoms. The highest BCUT2D eigenvalue weighted by Gasteiger charge is 2.19. The maximum absolute atomic E-state index is 12.9. The number of rotatable bonds is 6. The lowest BCUT2D eigenvalue weighted by Gasteiger charge is -2.18. The molecule has 3 amide bonds. The molecule has 3 heterocycles. The number of amides is 3. The van der Waals surface area contributed by atoms with Crippen LogP contribution in [0.2, 0.25) is 0 Å². The van der Waals surface area contributed by atoms with E-state index < -0.39 is 17.8 Å². The van der Waals surface area contributed by atoms with Crippen LogP contribution in [0.5, 0.6) is 5.75 Å². The number of aromatic nitrogens is 3. The Morgan fingerprint density at radius 1 is 1.06 bits per heavy atom. The Morgan fingerprint density at radius 2 is 1.89 bits per heavy atom. The molecular weight excluding hydrogens is 468 g/mol. The number of carboxylic acids is 1. The van der Waals surface area contributed by atoms with Crippen molar-refractivity contribution in [3.05, 3.63) is 77.4 Å². The number of ether oxygens (including phenoxy) is 1. The number of hydrogen-bond acceptors (Lipinski definition) is 7. The van der Waals surface area contributed by atoms with Gasteiger partial charge in [-0.15, -0.1) is 0 Å². The van der Waals surface area contributed by atoms with Crippen molar-refractivity contribution in [3.8, 4) is 5.75 Å². The van der Waals surface area contributed by atoms with Crippen molar-refractivity contribution in [3.63, 3.8) is 0 Å². The van der Waals surface area contributed by atoms with Gasteiger partial charge in [0, 0.05) is 18.3 Å². The molecule has 12 heteroatoms. The van der Waals surface area contributed by atoms with Crippen LogP contribution in [-0.4, -0.2) is 50.4 Å². The summed E-state index contributed by atoms with van der Waals surface area (Å²) in [6.07, 6.45) is 2.68. The van der Waals surface area contributed by atoms with Gasteiger partial charge in [-0.2, -0.15) is 0 Å². The zero-order chi connectivity index (χ0) is 25.2. The van der Waals surface area contributed by atoms with Crippen LogP contribution in [0, 0.1) is 0 Å². The summed E-state index contributed by atoms with van der Waals surface area (Å²) in [7, 11) is 0. The van der Waals surface area contributed by atoms with Gasteiger partial charge in [0.1, 0.15) is 17.6 Å². The first-order chi connectivity index (χ1) is 17.4. The van der Waals surface area contributed by atoms with E-state index in [9.17, 15) is 19.2 Å². The van der Waals surface area contributed by atoms with Crippen molar-refractivity contribution in [2.75, 3.05) is 17.2 Å². The van der Waals surface area contributed by atoms with Crippen molar-refractivity contribution in [1.29, 1.82) is 0 Å². The van der Waals surface area contributed by atoms with Crippen molar-refractivity contribution in [1.82, 2.24) is 20.3 Å². The molecule has 0 saturated heterocycles. The fourth-order valence-corrected chi connectivity index (χ4v) is 3.70. The Morgan fingerprint density at radius 3 is 2.72 bits per heavy atom. The van der Waals surface area contributed by atoms with E-state index in [1.165, 1.54) is 36.8 Å². The van der Waals surface area contributed by atoms with E-state index in [0.717, 1.165) is 5.56 Å². The van der Waals surface area contributed by atoms with E-state index in [1.807, 2.05) is 0 Å². The van der Waals surface area contributed by atoms with Gasteiger partial charge in [0.2, 0.25) is 0 Å². The van der Waals surface area contributed by atoms with E-state index in [4.69, 9.17) is 9.84 Å². The number of fused-ring (bicyclic) bond motifs is 2. The maximum Gasteiger partial charge on any atom is 0.335 e. The second-order valence-corrected chi connectivity index (χ2v) is 7.84. The van der Waals surface area contributed by atoms with E-state index >= 15 is 0 Å². The number of carbonyl (C=O) groups is 4. The highest BCUT2D eigenvalue weighted by molar-refractivity contribution is 6.11. The minimum absolute atomic E-state index is 0.0170. The van der Waals surface area contributed by atoms with Gasteiger partial charge in [0.15, 0.2) is 12.3 Å². The van der Waals surface area contributed by atoms with Crippen molar-refractivity contribution >= 4 is 46.1 Å². The van der Waals surface area contributed by atoms with Crippen LogP contribution in [-0.2, 0) is 11.3 Å². The van der Waals surface area contributed by atoms with Gasteiger partial charge in [-0.25, -0.2) is 14.8 Å². The summed E-state index contributed by atoms with van der Waals surface area (Å²) in [5, 5.41) is 17.3. The lowest BCUT2D eigenvalue weighted by Crippen LogP contribution is -2.26. The Balaban J connectivity index is 1.31. The fraction of sp³-hybridized carbons (Fsp3) is 0.0833. The fourth-order valence-electron chi connectivity index (χ4n) is 3.70. The third kappa shape index (κ3) is 4.42. The lowest BCUT2D eigenvalue weighted by molar-refractivity contribution is -0.118. The first kappa shape index (κ1) is 22.5. The highest BCUT2D eigenvalue weighted by Crippen LogP contribution is 2.28. The number of nitrogens with one attached hydrogen (secondary N) is 4. The summed E-state index contributed by atoms with van der Waals surface area (Å²) in [6, 6.07) is 10.8. The molecular formula is C24H18N6O6. The molecule has 1 aliphatic rings. The number of carboxylic acid groups (broad SMARTS) is 1. The van der Waals surface area contributed by atoms with Crippen LogP contribution < -0.4 is 20.7 Å². The van der Waals surface area contributed by atoms with Crippen LogP contribution >= 0.6 is 0 Å². The molecule has 12 nitrogen and oxygen atoms in total. The average Bonchev–Trinajstić information content (AvgIpc) is 3.29. The predicted molar refractivity (Wildman–Crippen MR) is 127 cm³/mol. The molecule has 0 unspecified atom stereocenters. The minimum atomic E-state index is -1.14. The van der Waals surface area contributed by atoms with Gasteiger partial charge in [-0.05, 0) is 35.9 Å². The van der Waals surface area contributed by atoms with Gasteiger partial charge >= 0.3 is 5.97 Å². The summed E-state index contributed by atoms with van der Waals surface area (Å²) in [5.74, 6) is -1.86. The van der Waals surface area contributed by atoms with E-state index in [1.54, 1.807) is 18.2 Å². The standard InChI is InChI=1S/C24H18N6O6/c31-18-10-36-17-5-4-12(6-15(17)29-18)8-26-23(33)21-20-19(27-11-28-21)16(9-25-20)30-22(32)13-2-1-3-14(7-13)24(34)35/h1-7,9,11,25H,8,10H2,(H,26,33)(H,29,31)(H,30,32)(H,34,35). The number of hydrogen-bond donors (Lipinski definition) is 5. The molecule has 2 aromatic heterocycles. The SMILES string of the molecule is O=C1COc2ccc(CNC(=O)c3ncnc4c(NC(=O)c5cccc(C(=O)O)c5)c[nH]c34)cc2N1. The molecule has 1 aliphatic heterocycles. The maximum atomic E-state index is 12.9. The molecule has 5 N–H and O–H groups in total. The molecule has 0 fully saturated rings. The molecule has 180 valence electrons. The quantitative estimate of drug-likeness (QED) is 0.275. The minimum Gasteiger partial charge on any atom is -0.482 e. The summed E-state index contributed by atoms with van der Waals surface area (Å²) in [5.41, 5.74) is 2.41. The van der Waals surface area contributed by atoms with Crippen LogP contribution in [0.25, 0.3) is 11.0 Å². The molecule has 0 radical (unpaired) electrons. The Labute approximate surface area is 202 Å². The summed E-state index contributed by atoms with van der Waals surface area (Å²) < 4.78 is 5.33. The Bertz CT molecular complexity index is 1550. The molecule has 0 saturated carbocycles. The van der Waals surface area contributed by atoms with Gasteiger partial charge in [0.05, 0.1) is 22.5 Å². The van der Waals surface area contributed by atoms with Crippen molar-refractivity contribution < 1.29 is 29.0 Å². The predicted octanol–water partition coefficient (Wildman–Crippen LogP) is 2.17. The smallest absolute Gasteiger partial charge is 0.335 e. The molecule has 4 aromatic rings. The first-order valence-corrected chi connectivity index (χ1v) is 10.7. The van der Waals surface area contributed by atoms with Crippen molar-refractivity contribution in [2.45, 2.75) is 6.54 Å². The molecule has 5 rings (SSSR count). The summed E-state index contributed by atoms with van der Waals surface area (Å²) >= 11 is 0. The number of nitrogens with zero attached hydrogens (tertiary/aromatic N) is 2. The second-order valence-electron chi connectivity index (χ2n) is 7.84. The Hall–Kier alpha value is -5.26. The average molecular weight is 486 g/mol. The van der Waals surface area contributed by atoms with Crippen LogP contribution in [0.3, 0.4) is 0 Å². The van der Waals surface area contributed by atoms with Gasteiger partial charge in [-0.3, -0.25) is 14.4 Å². The number of benzene rings is 2. The topological polar surface area (TPSA) is 175 Å². The number of aromatic carboxylic acids is 1. The van der Waals surface area contributed by atoms with E-state index in [-0.39, 0.29) is 35.9 Å². The van der Waals surface area contributed by atoms with Gasteiger partial charge < -0.3 is 30.8 Å².